The van der Waals surface area contributed by atoms with E-state index >= 15 is 0 Å². The number of carbonyl (C=O) groups is 2. The van der Waals surface area contributed by atoms with Crippen LogP contribution in [0.2, 0.25) is 0 Å². The molecule has 0 aromatic rings. The SMILES string of the molecule is CC(CCC(=O)O)NC(=O)NCCN(C)C1CC1. The van der Waals surface area contributed by atoms with Crippen molar-refractivity contribution in [1.82, 2.24) is 15.5 Å². The summed E-state index contributed by atoms with van der Waals surface area (Å²) in [5, 5.41) is 14.0. The number of amides is 2. The zero-order chi connectivity index (χ0) is 13.5. The Morgan fingerprint density at radius 1 is 1.44 bits per heavy atom. The molecule has 2 amide bonds. The van der Waals surface area contributed by atoms with Gasteiger partial charge in [-0.15, -0.1) is 0 Å². The summed E-state index contributed by atoms with van der Waals surface area (Å²) >= 11 is 0. The second kappa shape index (κ2) is 7.20. The standard InChI is InChI=1S/C12H23N3O3/c1-9(3-6-11(16)17)14-12(18)13-7-8-15(2)10-4-5-10/h9-10H,3-8H2,1-2H3,(H,16,17)(H2,13,14,18). The van der Waals surface area contributed by atoms with Crippen molar-refractivity contribution in [3.63, 3.8) is 0 Å². The largest absolute Gasteiger partial charge is 0.481 e. The van der Waals surface area contributed by atoms with Crippen LogP contribution in [0, 0.1) is 0 Å². The van der Waals surface area contributed by atoms with Gasteiger partial charge in [0, 0.05) is 31.6 Å². The fraction of sp³-hybridized carbons (Fsp3) is 0.833. The maximum Gasteiger partial charge on any atom is 0.315 e. The zero-order valence-corrected chi connectivity index (χ0v) is 11.1. The van der Waals surface area contributed by atoms with Crippen molar-refractivity contribution >= 4 is 12.0 Å². The molecule has 1 aliphatic rings. The Balaban J connectivity index is 2.03. The van der Waals surface area contributed by atoms with Gasteiger partial charge in [0.2, 0.25) is 0 Å². The van der Waals surface area contributed by atoms with Gasteiger partial charge in [-0.25, -0.2) is 4.79 Å². The molecule has 1 atom stereocenters. The van der Waals surface area contributed by atoms with Gasteiger partial charge in [-0.3, -0.25) is 4.79 Å². The number of carboxylic acids is 1. The highest BCUT2D eigenvalue weighted by molar-refractivity contribution is 5.74. The predicted molar refractivity (Wildman–Crippen MR) is 68.5 cm³/mol. The smallest absolute Gasteiger partial charge is 0.315 e. The topological polar surface area (TPSA) is 81.7 Å². The monoisotopic (exact) mass is 257 g/mol. The van der Waals surface area contributed by atoms with Crippen LogP contribution in [-0.4, -0.2) is 54.2 Å². The molecule has 1 fully saturated rings. The third kappa shape index (κ3) is 6.44. The molecule has 1 aliphatic carbocycles. The molecule has 0 radical (unpaired) electrons. The average molecular weight is 257 g/mol. The van der Waals surface area contributed by atoms with Crippen molar-refractivity contribution in [3.8, 4) is 0 Å². The Kier molecular flexibility index (Phi) is 5.91. The van der Waals surface area contributed by atoms with Crippen LogP contribution >= 0.6 is 0 Å². The van der Waals surface area contributed by atoms with Crippen LogP contribution in [-0.2, 0) is 4.79 Å². The maximum absolute atomic E-state index is 11.5. The first kappa shape index (κ1) is 14.8. The number of hydrogen-bond donors (Lipinski definition) is 3. The van der Waals surface area contributed by atoms with E-state index in [-0.39, 0.29) is 18.5 Å². The van der Waals surface area contributed by atoms with Gasteiger partial charge >= 0.3 is 12.0 Å². The second-order valence-corrected chi connectivity index (χ2v) is 4.95. The maximum atomic E-state index is 11.5. The Morgan fingerprint density at radius 2 is 2.11 bits per heavy atom. The highest BCUT2D eigenvalue weighted by atomic mass is 16.4. The van der Waals surface area contributed by atoms with Crippen LogP contribution in [0.1, 0.15) is 32.6 Å². The normalized spacial score (nSPS) is 16.4. The van der Waals surface area contributed by atoms with E-state index in [1.54, 1.807) is 6.92 Å². The van der Waals surface area contributed by atoms with Crippen molar-refractivity contribution in [2.24, 2.45) is 0 Å². The van der Waals surface area contributed by atoms with Gasteiger partial charge < -0.3 is 20.6 Å². The Bertz CT molecular complexity index is 292. The molecule has 0 spiro atoms. The number of urea groups is 1. The highest BCUT2D eigenvalue weighted by Crippen LogP contribution is 2.24. The lowest BCUT2D eigenvalue weighted by molar-refractivity contribution is -0.137. The number of carbonyl (C=O) groups excluding carboxylic acids is 1. The summed E-state index contributed by atoms with van der Waals surface area (Å²) in [6, 6.07) is 0.351. The number of hydrogen-bond acceptors (Lipinski definition) is 3. The lowest BCUT2D eigenvalue weighted by Gasteiger charge is -2.17. The summed E-state index contributed by atoms with van der Waals surface area (Å²) in [6.45, 7) is 3.27. The molecule has 0 heterocycles. The van der Waals surface area contributed by atoms with Crippen LogP contribution in [0.4, 0.5) is 4.79 Å². The third-order valence-corrected chi connectivity index (χ3v) is 3.09. The Hall–Kier alpha value is -1.30. The number of nitrogens with one attached hydrogen (secondary N) is 2. The molecule has 18 heavy (non-hydrogen) atoms. The minimum absolute atomic E-state index is 0.0753. The van der Waals surface area contributed by atoms with E-state index in [2.05, 4.69) is 22.6 Å². The van der Waals surface area contributed by atoms with Crippen molar-refractivity contribution < 1.29 is 14.7 Å². The molecule has 1 unspecified atom stereocenters. The van der Waals surface area contributed by atoms with Gasteiger partial charge in [0.05, 0.1) is 0 Å². The summed E-state index contributed by atoms with van der Waals surface area (Å²) in [5.74, 6) is -0.838. The molecular weight excluding hydrogens is 234 g/mol. The summed E-state index contributed by atoms with van der Waals surface area (Å²) in [5.41, 5.74) is 0. The molecule has 6 nitrogen and oxygen atoms in total. The summed E-state index contributed by atoms with van der Waals surface area (Å²) < 4.78 is 0. The average Bonchev–Trinajstić information content (AvgIpc) is 3.09. The molecule has 0 aliphatic heterocycles. The van der Waals surface area contributed by atoms with Crippen molar-refractivity contribution in [2.75, 3.05) is 20.1 Å². The van der Waals surface area contributed by atoms with Crippen LogP contribution < -0.4 is 10.6 Å². The Morgan fingerprint density at radius 3 is 2.67 bits per heavy atom. The molecule has 0 aromatic heterocycles. The number of nitrogens with zero attached hydrogens (tertiary/aromatic N) is 1. The molecule has 1 rings (SSSR count). The van der Waals surface area contributed by atoms with Crippen LogP contribution in [0.3, 0.4) is 0 Å². The van der Waals surface area contributed by atoms with Gasteiger partial charge in [-0.1, -0.05) is 0 Å². The number of carboxylic acid groups (broad SMARTS) is 1. The fourth-order valence-electron chi connectivity index (χ4n) is 1.73. The summed E-state index contributed by atoms with van der Waals surface area (Å²) in [4.78, 5) is 24.1. The minimum atomic E-state index is -0.838. The molecule has 104 valence electrons. The first-order valence-corrected chi connectivity index (χ1v) is 6.45. The number of likely N-dealkylation sites (N-methyl/N-ethyl adjacent to an activating group) is 1. The quantitative estimate of drug-likeness (QED) is 0.596. The van der Waals surface area contributed by atoms with Crippen LogP contribution in [0.15, 0.2) is 0 Å². The van der Waals surface area contributed by atoms with Crippen LogP contribution in [0.25, 0.3) is 0 Å². The number of aliphatic carboxylic acids is 1. The van der Waals surface area contributed by atoms with Crippen molar-refractivity contribution in [2.45, 2.75) is 44.7 Å². The summed E-state index contributed by atoms with van der Waals surface area (Å²) in [6.07, 6.45) is 3.04. The minimum Gasteiger partial charge on any atom is -0.481 e. The summed E-state index contributed by atoms with van der Waals surface area (Å²) in [7, 11) is 2.06. The molecule has 6 heteroatoms. The molecule has 3 N–H and O–H groups in total. The first-order chi connectivity index (χ1) is 8.49. The van der Waals surface area contributed by atoms with E-state index in [1.807, 2.05) is 0 Å². The molecule has 0 aromatic carbocycles. The second-order valence-electron chi connectivity index (χ2n) is 4.95. The van der Waals surface area contributed by atoms with Gasteiger partial charge in [0.25, 0.3) is 0 Å². The van der Waals surface area contributed by atoms with Gasteiger partial charge in [0.15, 0.2) is 0 Å². The van der Waals surface area contributed by atoms with Gasteiger partial charge in [-0.2, -0.15) is 0 Å². The molecular formula is C12H23N3O3. The fourth-order valence-corrected chi connectivity index (χ4v) is 1.73. The highest BCUT2D eigenvalue weighted by Gasteiger charge is 2.25. The zero-order valence-electron chi connectivity index (χ0n) is 11.1. The van der Waals surface area contributed by atoms with Crippen molar-refractivity contribution in [1.29, 1.82) is 0 Å². The number of rotatable bonds is 8. The van der Waals surface area contributed by atoms with E-state index in [1.165, 1.54) is 12.8 Å². The van der Waals surface area contributed by atoms with E-state index in [4.69, 9.17) is 5.11 Å². The first-order valence-electron chi connectivity index (χ1n) is 6.45. The molecule has 0 bridgehead atoms. The molecule has 0 saturated heterocycles. The van der Waals surface area contributed by atoms with E-state index in [0.717, 1.165) is 6.54 Å². The molecule has 1 saturated carbocycles. The lowest BCUT2D eigenvalue weighted by Crippen LogP contribution is -2.43. The van der Waals surface area contributed by atoms with Gasteiger partial charge in [0.1, 0.15) is 0 Å². The van der Waals surface area contributed by atoms with Gasteiger partial charge in [-0.05, 0) is 33.2 Å². The van der Waals surface area contributed by atoms with E-state index in [9.17, 15) is 9.59 Å². The van der Waals surface area contributed by atoms with Crippen molar-refractivity contribution in [3.05, 3.63) is 0 Å². The van der Waals surface area contributed by atoms with E-state index < -0.39 is 5.97 Å². The Labute approximate surface area is 108 Å². The van der Waals surface area contributed by atoms with Crippen LogP contribution in [0.5, 0.6) is 0 Å². The third-order valence-electron chi connectivity index (χ3n) is 3.09. The lowest BCUT2D eigenvalue weighted by atomic mass is 10.2. The van der Waals surface area contributed by atoms with E-state index in [0.29, 0.717) is 19.0 Å². The predicted octanol–water partition coefficient (Wildman–Crippen LogP) is 0.633.